The highest BCUT2D eigenvalue weighted by molar-refractivity contribution is 4.94. The van der Waals surface area contributed by atoms with E-state index in [2.05, 4.69) is 31.1 Å². The van der Waals surface area contributed by atoms with E-state index in [0.29, 0.717) is 18.1 Å². The fourth-order valence-electron chi connectivity index (χ4n) is 4.67. The Bertz CT molecular complexity index is 291. The third-order valence-corrected chi connectivity index (χ3v) is 5.65. The van der Waals surface area contributed by atoms with Crippen LogP contribution in [0.15, 0.2) is 0 Å². The van der Waals surface area contributed by atoms with E-state index < -0.39 is 0 Å². The molecule has 2 fully saturated rings. The van der Waals surface area contributed by atoms with Crippen molar-refractivity contribution in [3.63, 3.8) is 0 Å². The normalized spacial score (nSPS) is 35.1. The number of likely N-dealkylation sites (tertiary alicyclic amines) is 1. The van der Waals surface area contributed by atoms with Crippen LogP contribution < -0.4 is 5.32 Å². The third kappa shape index (κ3) is 3.96. The minimum atomic E-state index is 0.355. The van der Waals surface area contributed by atoms with Gasteiger partial charge in [0.05, 0.1) is 0 Å². The first-order valence-electron chi connectivity index (χ1n) is 8.57. The molecule has 0 spiro atoms. The predicted octanol–water partition coefficient (Wildman–Crippen LogP) is 2.50. The molecule has 2 aliphatic rings. The van der Waals surface area contributed by atoms with Crippen molar-refractivity contribution in [2.45, 2.75) is 58.4 Å². The van der Waals surface area contributed by atoms with E-state index in [1.807, 2.05) is 0 Å². The molecule has 2 rings (SSSR count). The summed E-state index contributed by atoms with van der Waals surface area (Å²) in [6.07, 6.45) is 7.71. The molecule has 0 aromatic heterocycles. The Morgan fingerprint density at radius 1 is 1.25 bits per heavy atom. The lowest BCUT2D eigenvalue weighted by molar-refractivity contribution is 0.0638. The highest BCUT2D eigenvalue weighted by atomic mass is 16.3. The van der Waals surface area contributed by atoms with Gasteiger partial charge in [-0.3, -0.25) is 0 Å². The average Bonchev–Trinajstić information content (AvgIpc) is 2.39. The Kier molecular flexibility index (Phi) is 5.88. The van der Waals surface area contributed by atoms with Crippen molar-refractivity contribution in [2.75, 3.05) is 33.3 Å². The summed E-state index contributed by atoms with van der Waals surface area (Å²) in [4.78, 5) is 2.67. The average molecular weight is 282 g/mol. The number of nitrogens with one attached hydrogen (secondary N) is 1. The van der Waals surface area contributed by atoms with Crippen LogP contribution in [0.2, 0.25) is 0 Å². The minimum Gasteiger partial charge on any atom is -0.396 e. The molecule has 0 aromatic carbocycles. The molecule has 0 bridgehead atoms. The highest BCUT2D eigenvalue weighted by Gasteiger charge is 2.38. The van der Waals surface area contributed by atoms with Crippen molar-refractivity contribution in [1.29, 1.82) is 0 Å². The second kappa shape index (κ2) is 7.24. The van der Waals surface area contributed by atoms with E-state index in [1.54, 1.807) is 0 Å². The summed E-state index contributed by atoms with van der Waals surface area (Å²) < 4.78 is 0. The molecule has 0 amide bonds. The molecule has 3 nitrogen and oxygen atoms in total. The van der Waals surface area contributed by atoms with Crippen LogP contribution in [0.1, 0.15) is 52.4 Å². The summed E-state index contributed by atoms with van der Waals surface area (Å²) in [6, 6.07) is 0.648. The van der Waals surface area contributed by atoms with Crippen molar-refractivity contribution in [3.05, 3.63) is 0 Å². The Labute approximate surface area is 125 Å². The summed E-state index contributed by atoms with van der Waals surface area (Å²) in [5, 5.41) is 12.7. The van der Waals surface area contributed by atoms with Gasteiger partial charge >= 0.3 is 0 Å². The standard InChI is InChI=1S/C17H34N2O/c1-17(2)9-4-7-15(16(17)18-3)13-19-10-5-6-14(12-19)8-11-20/h14-16,18,20H,4-13H2,1-3H3. The van der Waals surface area contributed by atoms with Gasteiger partial charge in [0, 0.05) is 25.7 Å². The SMILES string of the molecule is CNC1C(CN2CCCC(CCO)C2)CCCC1(C)C. The molecule has 3 unspecified atom stereocenters. The van der Waals surface area contributed by atoms with Crippen LogP contribution >= 0.6 is 0 Å². The van der Waals surface area contributed by atoms with Gasteiger partial charge in [0.1, 0.15) is 0 Å². The molecule has 3 heteroatoms. The van der Waals surface area contributed by atoms with Crippen molar-refractivity contribution in [3.8, 4) is 0 Å². The Hall–Kier alpha value is -0.120. The van der Waals surface area contributed by atoms with Gasteiger partial charge in [-0.15, -0.1) is 0 Å². The van der Waals surface area contributed by atoms with Crippen LogP contribution in [0.3, 0.4) is 0 Å². The maximum Gasteiger partial charge on any atom is 0.0434 e. The maximum absolute atomic E-state index is 9.15. The summed E-state index contributed by atoms with van der Waals surface area (Å²) in [5.41, 5.74) is 0.429. The molecule has 3 atom stereocenters. The number of hydrogen-bond donors (Lipinski definition) is 2. The van der Waals surface area contributed by atoms with Crippen molar-refractivity contribution < 1.29 is 5.11 Å². The van der Waals surface area contributed by atoms with Gasteiger partial charge < -0.3 is 15.3 Å². The number of piperidine rings is 1. The second-order valence-electron chi connectivity index (χ2n) is 7.69. The number of aliphatic hydroxyl groups excluding tert-OH is 1. The van der Waals surface area contributed by atoms with E-state index in [9.17, 15) is 0 Å². The summed E-state index contributed by atoms with van der Waals surface area (Å²) >= 11 is 0. The topological polar surface area (TPSA) is 35.5 Å². The lowest BCUT2D eigenvalue weighted by atomic mass is 9.67. The Balaban J connectivity index is 1.90. The molecule has 118 valence electrons. The molecule has 1 saturated carbocycles. The van der Waals surface area contributed by atoms with Crippen LogP contribution in [0.4, 0.5) is 0 Å². The molecule has 1 aliphatic carbocycles. The van der Waals surface area contributed by atoms with E-state index in [0.717, 1.165) is 18.3 Å². The fraction of sp³-hybridized carbons (Fsp3) is 1.00. The van der Waals surface area contributed by atoms with Crippen molar-refractivity contribution in [1.82, 2.24) is 10.2 Å². The number of aliphatic hydroxyl groups is 1. The van der Waals surface area contributed by atoms with Gasteiger partial charge in [0.25, 0.3) is 0 Å². The zero-order valence-corrected chi connectivity index (χ0v) is 13.7. The van der Waals surface area contributed by atoms with Crippen molar-refractivity contribution in [2.24, 2.45) is 17.3 Å². The van der Waals surface area contributed by atoms with E-state index in [4.69, 9.17) is 5.11 Å². The number of rotatable bonds is 5. The summed E-state index contributed by atoms with van der Waals surface area (Å²) in [6.45, 7) is 8.91. The third-order valence-electron chi connectivity index (χ3n) is 5.65. The molecular formula is C17H34N2O. The van der Waals surface area contributed by atoms with E-state index >= 15 is 0 Å². The monoisotopic (exact) mass is 282 g/mol. The first kappa shape index (κ1) is 16.3. The van der Waals surface area contributed by atoms with Gasteiger partial charge in [-0.25, -0.2) is 0 Å². The van der Waals surface area contributed by atoms with Crippen molar-refractivity contribution >= 4 is 0 Å². The van der Waals surface area contributed by atoms with Crippen LogP contribution in [-0.2, 0) is 0 Å². The van der Waals surface area contributed by atoms with E-state index in [-0.39, 0.29) is 0 Å². The molecule has 20 heavy (non-hydrogen) atoms. The first-order valence-corrected chi connectivity index (χ1v) is 8.57. The minimum absolute atomic E-state index is 0.355. The molecule has 0 aromatic rings. The zero-order valence-electron chi connectivity index (χ0n) is 13.7. The molecule has 1 heterocycles. The van der Waals surface area contributed by atoms with Crippen LogP contribution in [0.25, 0.3) is 0 Å². The quantitative estimate of drug-likeness (QED) is 0.813. The van der Waals surface area contributed by atoms with Gasteiger partial charge in [0.2, 0.25) is 0 Å². The second-order valence-corrected chi connectivity index (χ2v) is 7.69. The van der Waals surface area contributed by atoms with Crippen LogP contribution in [-0.4, -0.2) is 49.3 Å². The van der Waals surface area contributed by atoms with E-state index in [1.165, 1.54) is 51.7 Å². The van der Waals surface area contributed by atoms with Crippen LogP contribution in [0.5, 0.6) is 0 Å². The first-order chi connectivity index (χ1) is 9.56. The largest absolute Gasteiger partial charge is 0.396 e. The molecule has 1 aliphatic heterocycles. The fourth-order valence-corrected chi connectivity index (χ4v) is 4.67. The molecule has 2 N–H and O–H groups in total. The Morgan fingerprint density at radius 3 is 2.75 bits per heavy atom. The van der Waals surface area contributed by atoms with Gasteiger partial charge in [0.15, 0.2) is 0 Å². The number of nitrogens with zero attached hydrogens (tertiary/aromatic N) is 1. The molecule has 1 saturated heterocycles. The lowest BCUT2D eigenvalue weighted by Gasteiger charge is -2.46. The smallest absolute Gasteiger partial charge is 0.0434 e. The highest BCUT2D eigenvalue weighted by Crippen LogP contribution is 2.39. The predicted molar refractivity (Wildman–Crippen MR) is 84.8 cm³/mol. The van der Waals surface area contributed by atoms with Gasteiger partial charge in [-0.05, 0) is 62.9 Å². The molecule has 0 radical (unpaired) electrons. The maximum atomic E-state index is 9.15. The zero-order chi connectivity index (χ0) is 14.6. The molecular weight excluding hydrogens is 248 g/mol. The lowest BCUT2D eigenvalue weighted by Crippen LogP contribution is -2.52. The van der Waals surface area contributed by atoms with Gasteiger partial charge in [-0.2, -0.15) is 0 Å². The summed E-state index contributed by atoms with van der Waals surface area (Å²) in [7, 11) is 2.13. The Morgan fingerprint density at radius 2 is 2.05 bits per heavy atom. The number of hydrogen-bond acceptors (Lipinski definition) is 3. The van der Waals surface area contributed by atoms with Gasteiger partial charge in [-0.1, -0.05) is 20.3 Å². The van der Waals surface area contributed by atoms with Crippen LogP contribution in [0, 0.1) is 17.3 Å². The summed E-state index contributed by atoms with van der Waals surface area (Å²) in [5.74, 6) is 1.51.